The van der Waals surface area contributed by atoms with Gasteiger partial charge in [0.25, 0.3) is 0 Å². The Bertz CT molecular complexity index is 488. The lowest BCUT2D eigenvalue weighted by Gasteiger charge is -2.49. The first kappa shape index (κ1) is 15.3. The van der Waals surface area contributed by atoms with Gasteiger partial charge in [0.2, 0.25) is 5.91 Å². The number of hydrogen-bond donors (Lipinski definition) is 1. The molecule has 4 rings (SSSR count). The normalized spacial score (nSPS) is 40.0. The van der Waals surface area contributed by atoms with E-state index in [4.69, 9.17) is 4.74 Å². The second kappa shape index (κ2) is 5.67. The second-order valence-electron chi connectivity index (χ2n) is 8.32. The van der Waals surface area contributed by atoms with Gasteiger partial charge in [-0.15, -0.1) is 0 Å². The molecular formula is C18H28N2O3. The van der Waals surface area contributed by atoms with E-state index in [2.05, 4.69) is 5.32 Å². The van der Waals surface area contributed by atoms with Crippen LogP contribution in [0.3, 0.4) is 0 Å². The molecule has 1 spiro atoms. The molecule has 2 amide bonds. The Labute approximate surface area is 138 Å². The Morgan fingerprint density at radius 2 is 1.87 bits per heavy atom. The van der Waals surface area contributed by atoms with Gasteiger partial charge in [-0.1, -0.05) is 32.1 Å². The highest BCUT2D eigenvalue weighted by atomic mass is 16.6. The highest BCUT2D eigenvalue weighted by Crippen LogP contribution is 2.45. The van der Waals surface area contributed by atoms with Gasteiger partial charge in [-0.05, 0) is 37.5 Å². The number of hydrogen-bond acceptors (Lipinski definition) is 3. The average molecular weight is 320 g/mol. The van der Waals surface area contributed by atoms with E-state index in [1.807, 2.05) is 11.9 Å². The summed E-state index contributed by atoms with van der Waals surface area (Å²) in [6, 6.07) is 0.445. The number of alkyl carbamates (subject to hydrolysis) is 1. The molecule has 0 radical (unpaired) electrons. The third-order valence-electron chi connectivity index (χ3n) is 6.83. The molecular weight excluding hydrogens is 292 g/mol. The van der Waals surface area contributed by atoms with Gasteiger partial charge in [-0.25, -0.2) is 4.79 Å². The van der Waals surface area contributed by atoms with E-state index in [0.29, 0.717) is 12.6 Å². The highest BCUT2D eigenvalue weighted by molar-refractivity contribution is 5.81. The van der Waals surface area contributed by atoms with Crippen molar-refractivity contribution in [3.8, 4) is 0 Å². The summed E-state index contributed by atoms with van der Waals surface area (Å²) in [4.78, 5) is 25.8. The van der Waals surface area contributed by atoms with Crippen LogP contribution < -0.4 is 5.32 Å². The Kier molecular flexibility index (Phi) is 3.77. The van der Waals surface area contributed by atoms with Crippen molar-refractivity contribution in [2.24, 2.45) is 17.8 Å². The van der Waals surface area contributed by atoms with Crippen molar-refractivity contribution < 1.29 is 14.3 Å². The molecule has 4 aliphatic rings. The van der Waals surface area contributed by atoms with Crippen molar-refractivity contribution in [2.75, 3.05) is 13.7 Å². The summed E-state index contributed by atoms with van der Waals surface area (Å²) in [5, 5.41) is 2.87. The molecule has 4 fully saturated rings. The molecule has 0 bridgehead atoms. The van der Waals surface area contributed by atoms with Crippen LogP contribution in [0.1, 0.15) is 57.8 Å². The lowest BCUT2D eigenvalue weighted by Crippen LogP contribution is -2.59. The van der Waals surface area contributed by atoms with Gasteiger partial charge in [0.05, 0.1) is 5.54 Å². The number of ether oxygens (including phenoxy) is 1. The van der Waals surface area contributed by atoms with Crippen LogP contribution in [0.25, 0.3) is 0 Å². The minimum atomic E-state index is -0.335. The summed E-state index contributed by atoms with van der Waals surface area (Å²) >= 11 is 0. The van der Waals surface area contributed by atoms with Crippen LogP contribution in [0.2, 0.25) is 0 Å². The van der Waals surface area contributed by atoms with E-state index in [9.17, 15) is 9.59 Å². The first-order chi connectivity index (χ1) is 11.1. The first-order valence-corrected chi connectivity index (χ1v) is 9.28. The summed E-state index contributed by atoms with van der Waals surface area (Å²) < 4.78 is 4.99. The van der Waals surface area contributed by atoms with E-state index >= 15 is 0 Å². The summed E-state index contributed by atoms with van der Waals surface area (Å²) in [6.07, 6.45) is 10.6. The Balaban J connectivity index is 1.24. The van der Waals surface area contributed by atoms with Gasteiger partial charge in [0.1, 0.15) is 6.61 Å². The summed E-state index contributed by atoms with van der Waals surface area (Å²) in [7, 11) is 1.97. The maximum absolute atomic E-state index is 12.6. The number of carbonyl (C=O) groups excluding carboxylic acids is 2. The number of amides is 2. The van der Waals surface area contributed by atoms with Crippen molar-refractivity contribution in [1.82, 2.24) is 10.2 Å². The van der Waals surface area contributed by atoms with E-state index in [1.54, 1.807) is 0 Å². The van der Waals surface area contributed by atoms with Gasteiger partial charge >= 0.3 is 6.09 Å². The SMILES string of the molecule is CN(C(=O)C1CC2(COC(=O)N2)C1)C1CC(C2CCCCC2)C1. The largest absolute Gasteiger partial charge is 0.447 e. The smallest absolute Gasteiger partial charge is 0.407 e. The zero-order valence-electron chi connectivity index (χ0n) is 14.1. The predicted molar refractivity (Wildman–Crippen MR) is 85.8 cm³/mol. The maximum Gasteiger partial charge on any atom is 0.407 e. The summed E-state index contributed by atoms with van der Waals surface area (Å²) in [6.45, 7) is 0.423. The Morgan fingerprint density at radius 3 is 2.48 bits per heavy atom. The lowest BCUT2D eigenvalue weighted by atomic mass is 9.66. The zero-order chi connectivity index (χ0) is 16.0. The van der Waals surface area contributed by atoms with Crippen molar-refractivity contribution in [3.05, 3.63) is 0 Å². The van der Waals surface area contributed by atoms with E-state index in [-0.39, 0.29) is 23.5 Å². The third-order valence-corrected chi connectivity index (χ3v) is 6.83. The van der Waals surface area contributed by atoms with Crippen molar-refractivity contribution in [3.63, 3.8) is 0 Å². The molecule has 0 aromatic rings. The molecule has 0 unspecified atom stereocenters. The fourth-order valence-corrected chi connectivity index (χ4v) is 5.17. The number of nitrogens with one attached hydrogen (secondary N) is 1. The molecule has 1 N–H and O–H groups in total. The molecule has 1 aliphatic heterocycles. The first-order valence-electron chi connectivity index (χ1n) is 9.28. The van der Waals surface area contributed by atoms with Crippen molar-refractivity contribution in [2.45, 2.75) is 69.4 Å². The van der Waals surface area contributed by atoms with Crippen LogP contribution in [0.4, 0.5) is 4.79 Å². The lowest BCUT2D eigenvalue weighted by molar-refractivity contribution is -0.145. The van der Waals surface area contributed by atoms with Crippen LogP contribution in [0.15, 0.2) is 0 Å². The molecule has 0 aromatic heterocycles. The van der Waals surface area contributed by atoms with Gasteiger partial charge in [-0.3, -0.25) is 4.79 Å². The molecule has 128 valence electrons. The maximum atomic E-state index is 12.6. The van der Waals surface area contributed by atoms with Crippen LogP contribution in [-0.4, -0.2) is 42.1 Å². The van der Waals surface area contributed by atoms with Crippen LogP contribution in [0, 0.1) is 17.8 Å². The van der Waals surface area contributed by atoms with Gasteiger partial charge < -0.3 is 15.0 Å². The van der Waals surface area contributed by atoms with Crippen LogP contribution in [0.5, 0.6) is 0 Å². The number of cyclic esters (lactones) is 1. The molecule has 0 atom stereocenters. The van der Waals surface area contributed by atoms with Crippen LogP contribution >= 0.6 is 0 Å². The van der Waals surface area contributed by atoms with Gasteiger partial charge in [-0.2, -0.15) is 0 Å². The number of nitrogens with zero attached hydrogens (tertiary/aromatic N) is 1. The second-order valence-corrected chi connectivity index (χ2v) is 8.32. The number of rotatable bonds is 3. The standard InChI is InChI=1S/C18H28N2O3/c1-20(15-7-13(8-15)12-5-3-2-4-6-12)16(21)14-9-18(10-14)11-23-17(22)19-18/h12-15H,2-11H2,1H3,(H,19,22). The Hall–Kier alpha value is -1.26. The highest BCUT2D eigenvalue weighted by Gasteiger charge is 2.54. The Morgan fingerprint density at radius 1 is 1.17 bits per heavy atom. The van der Waals surface area contributed by atoms with Gasteiger partial charge in [0, 0.05) is 19.0 Å². The molecule has 3 saturated carbocycles. The molecule has 1 saturated heterocycles. The molecule has 1 heterocycles. The quantitative estimate of drug-likeness (QED) is 0.870. The topological polar surface area (TPSA) is 58.6 Å². The molecule has 5 nitrogen and oxygen atoms in total. The predicted octanol–water partition coefficient (Wildman–Crippen LogP) is 2.69. The zero-order valence-corrected chi connectivity index (χ0v) is 14.1. The number of carbonyl (C=O) groups is 2. The van der Waals surface area contributed by atoms with Crippen LogP contribution in [-0.2, 0) is 9.53 Å². The van der Waals surface area contributed by atoms with E-state index in [1.165, 1.54) is 44.9 Å². The van der Waals surface area contributed by atoms with E-state index < -0.39 is 0 Å². The van der Waals surface area contributed by atoms with E-state index in [0.717, 1.165) is 24.7 Å². The minimum absolute atomic E-state index is 0.0655. The minimum Gasteiger partial charge on any atom is -0.447 e. The molecule has 5 heteroatoms. The fourth-order valence-electron chi connectivity index (χ4n) is 5.17. The van der Waals surface area contributed by atoms with Crippen molar-refractivity contribution in [1.29, 1.82) is 0 Å². The summed E-state index contributed by atoms with van der Waals surface area (Å²) in [5.41, 5.74) is -0.248. The molecule has 0 aromatic carbocycles. The fraction of sp³-hybridized carbons (Fsp3) is 0.889. The van der Waals surface area contributed by atoms with Gasteiger partial charge in [0.15, 0.2) is 0 Å². The summed E-state index contributed by atoms with van der Waals surface area (Å²) in [5.74, 6) is 2.10. The third kappa shape index (κ3) is 2.72. The molecule has 23 heavy (non-hydrogen) atoms. The average Bonchev–Trinajstić information content (AvgIpc) is 2.87. The molecule has 3 aliphatic carbocycles. The van der Waals surface area contributed by atoms with Crippen molar-refractivity contribution >= 4 is 12.0 Å². The monoisotopic (exact) mass is 320 g/mol.